The van der Waals surface area contributed by atoms with Crippen molar-refractivity contribution in [1.82, 2.24) is 9.80 Å². The molecule has 0 radical (unpaired) electrons. The van der Waals surface area contributed by atoms with E-state index in [4.69, 9.17) is 4.74 Å². The van der Waals surface area contributed by atoms with E-state index in [0.717, 1.165) is 0 Å². The molecule has 8 heteroatoms. The number of methoxy groups -OCH3 is 1. The van der Waals surface area contributed by atoms with E-state index in [1.54, 1.807) is 65.4 Å². The molecule has 0 atom stereocenters. The van der Waals surface area contributed by atoms with Crippen LogP contribution in [0.3, 0.4) is 0 Å². The summed E-state index contributed by atoms with van der Waals surface area (Å²) in [6.07, 6.45) is 0.686. The zero-order valence-electron chi connectivity index (χ0n) is 19.6. The van der Waals surface area contributed by atoms with Gasteiger partial charge >= 0.3 is 6.03 Å². The lowest BCUT2D eigenvalue weighted by molar-refractivity contribution is 0.0717. The zero-order valence-corrected chi connectivity index (χ0v) is 19.6. The molecule has 3 aromatic rings. The number of urea groups is 1. The van der Waals surface area contributed by atoms with E-state index in [1.807, 2.05) is 30.3 Å². The highest BCUT2D eigenvalue weighted by Crippen LogP contribution is 2.21. The molecule has 0 unspecified atom stereocenters. The smallest absolute Gasteiger partial charge is 0.323 e. The van der Waals surface area contributed by atoms with Gasteiger partial charge in [0.15, 0.2) is 0 Å². The zero-order chi connectivity index (χ0) is 24.6. The van der Waals surface area contributed by atoms with Crippen molar-refractivity contribution < 1.29 is 19.1 Å². The summed E-state index contributed by atoms with van der Waals surface area (Å²) < 4.78 is 5.33. The normalized spacial score (nSPS) is 13.5. The molecular formula is C27H28N4O4. The molecule has 35 heavy (non-hydrogen) atoms. The Bertz CT molecular complexity index is 1180. The van der Waals surface area contributed by atoms with Gasteiger partial charge in [0, 0.05) is 43.1 Å². The second-order valence-electron chi connectivity index (χ2n) is 8.16. The number of anilines is 2. The largest absolute Gasteiger partial charge is 0.496 e. The molecular weight excluding hydrogens is 444 g/mol. The van der Waals surface area contributed by atoms with Crippen molar-refractivity contribution >= 4 is 29.2 Å². The van der Waals surface area contributed by atoms with E-state index < -0.39 is 0 Å². The minimum Gasteiger partial charge on any atom is -0.496 e. The Morgan fingerprint density at radius 3 is 1.91 bits per heavy atom. The maximum atomic E-state index is 13.1. The minimum absolute atomic E-state index is 0.0963. The highest BCUT2D eigenvalue weighted by Gasteiger charge is 2.25. The molecule has 0 aromatic heterocycles. The summed E-state index contributed by atoms with van der Waals surface area (Å²) in [5.41, 5.74) is 2.33. The van der Waals surface area contributed by atoms with E-state index in [2.05, 4.69) is 10.6 Å². The first-order valence-electron chi connectivity index (χ1n) is 11.5. The van der Waals surface area contributed by atoms with Crippen LogP contribution in [0.25, 0.3) is 0 Å². The molecule has 4 amide bonds. The second kappa shape index (κ2) is 11.2. The van der Waals surface area contributed by atoms with Gasteiger partial charge in [0.2, 0.25) is 0 Å². The summed E-state index contributed by atoms with van der Waals surface area (Å²) >= 11 is 0. The van der Waals surface area contributed by atoms with E-state index >= 15 is 0 Å². The SMILES string of the molecule is COc1ccccc1C(=O)N1CCCN(C(=O)c2ccc(NC(=O)Nc3ccccc3)cc2)CC1. The lowest BCUT2D eigenvalue weighted by atomic mass is 10.1. The Morgan fingerprint density at radius 1 is 0.686 bits per heavy atom. The van der Waals surface area contributed by atoms with Crippen LogP contribution < -0.4 is 15.4 Å². The molecule has 0 spiro atoms. The summed E-state index contributed by atoms with van der Waals surface area (Å²) in [6, 6.07) is 22.8. The second-order valence-corrected chi connectivity index (χ2v) is 8.16. The number of hydrogen-bond acceptors (Lipinski definition) is 4. The maximum Gasteiger partial charge on any atom is 0.323 e. The Kier molecular flexibility index (Phi) is 7.62. The molecule has 3 aromatic carbocycles. The van der Waals surface area contributed by atoms with Crippen molar-refractivity contribution in [3.8, 4) is 5.75 Å². The third-order valence-corrected chi connectivity index (χ3v) is 5.83. The van der Waals surface area contributed by atoms with Crippen LogP contribution in [0, 0.1) is 0 Å². The van der Waals surface area contributed by atoms with Crippen molar-refractivity contribution in [3.63, 3.8) is 0 Å². The molecule has 0 saturated carbocycles. The predicted molar refractivity (Wildman–Crippen MR) is 135 cm³/mol. The van der Waals surface area contributed by atoms with E-state index in [-0.39, 0.29) is 17.8 Å². The minimum atomic E-state index is -0.359. The highest BCUT2D eigenvalue weighted by molar-refractivity contribution is 6.00. The van der Waals surface area contributed by atoms with Crippen LogP contribution in [0.5, 0.6) is 5.75 Å². The number of para-hydroxylation sites is 2. The Hall–Kier alpha value is -4.33. The van der Waals surface area contributed by atoms with Crippen LogP contribution in [0.15, 0.2) is 78.9 Å². The van der Waals surface area contributed by atoms with Gasteiger partial charge in [-0.25, -0.2) is 4.79 Å². The first-order chi connectivity index (χ1) is 17.0. The van der Waals surface area contributed by atoms with Crippen molar-refractivity contribution in [3.05, 3.63) is 90.0 Å². The Balaban J connectivity index is 1.34. The summed E-state index contributed by atoms with van der Waals surface area (Å²) in [5.74, 6) is 0.346. The fourth-order valence-electron chi connectivity index (χ4n) is 4.01. The highest BCUT2D eigenvalue weighted by atomic mass is 16.5. The first kappa shape index (κ1) is 23.8. The molecule has 1 aliphatic heterocycles. The molecule has 1 heterocycles. The van der Waals surface area contributed by atoms with Crippen LogP contribution >= 0.6 is 0 Å². The van der Waals surface area contributed by atoms with Crippen molar-refractivity contribution in [2.24, 2.45) is 0 Å². The molecule has 4 rings (SSSR count). The van der Waals surface area contributed by atoms with E-state index in [0.29, 0.717) is 60.9 Å². The van der Waals surface area contributed by atoms with Crippen LogP contribution in [0.4, 0.5) is 16.2 Å². The van der Waals surface area contributed by atoms with Crippen molar-refractivity contribution in [2.75, 3.05) is 43.9 Å². The molecule has 8 nitrogen and oxygen atoms in total. The van der Waals surface area contributed by atoms with Crippen molar-refractivity contribution in [2.45, 2.75) is 6.42 Å². The number of carbonyl (C=O) groups excluding carboxylic acids is 3. The molecule has 1 saturated heterocycles. The number of nitrogens with one attached hydrogen (secondary N) is 2. The standard InChI is InChI=1S/C27H28N4O4/c1-35-24-11-6-5-10-23(24)26(33)31-17-7-16-30(18-19-31)25(32)20-12-14-22(15-13-20)29-27(34)28-21-8-3-2-4-9-21/h2-6,8-15H,7,16-19H2,1H3,(H2,28,29,34). The van der Waals surface area contributed by atoms with Gasteiger partial charge in [-0.05, 0) is 55.0 Å². The Labute approximate surface area is 204 Å². The number of amides is 4. The lowest BCUT2D eigenvalue weighted by Crippen LogP contribution is -2.37. The summed E-state index contributed by atoms with van der Waals surface area (Å²) in [6.45, 7) is 2.02. The van der Waals surface area contributed by atoms with Gasteiger partial charge in [-0.15, -0.1) is 0 Å². The molecule has 2 N–H and O–H groups in total. The predicted octanol–water partition coefficient (Wildman–Crippen LogP) is 4.33. The average molecular weight is 473 g/mol. The molecule has 1 aliphatic rings. The maximum absolute atomic E-state index is 13.1. The van der Waals surface area contributed by atoms with Gasteiger partial charge in [-0.3, -0.25) is 9.59 Å². The van der Waals surface area contributed by atoms with Crippen LogP contribution in [0.1, 0.15) is 27.1 Å². The fraction of sp³-hybridized carbons (Fsp3) is 0.222. The van der Waals surface area contributed by atoms with Gasteiger partial charge in [0.25, 0.3) is 11.8 Å². The van der Waals surface area contributed by atoms with Crippen LogP contribution in [0.2, 0.25) is 0 Å². The topological polar surface area (TPSA) is 91.0 Å². The van der Waals surface area contributed by atoms with Crippen LogP contribution in [-0.2, 0) is 0 Å². The van der Waals surface area contributed by atoms with E-state index in [9.17, 15) is 14.4 Å². The third kappa shape index (κ3) is 5.97. The molecule has 0 bridgehead atoms. The molecule has 1 fully saturated rings. The number of ether oxygens (including phenoxy) is 1. The van der Waals surface area contributed by atoms with E-state index in [1.165, 1.54) is 0 Å². The van der Waals surface area contributed by atoms with Gasteiger partial charge in [0.1, 0.15) is 5.75 Å². The third-order valence-electron chi connectivity index (χ3n) is 5.83. The summed E-state index contributed by atoms with van der Waals surface area (Å²) in [7, 11) is 1.55. The summed E-state index contributed by atoms with van der Waals surface area (Å²) in [4.78, 5) is 41.8. The first-order valence-corrected chi connectivity index (χ1v) is 11.5. The van der Waals surface area contributed by atoms with Gasteiger partial charge < -0.3 is 25.2 Å². The monoisotopic (exact) mass is 472 g/mol. The number of rotatable bonds is 5. The average Bonchev–Trinajstić information content (AvgIpc) is 3.15. The number of hydrogen-bond donors (Lipinski definition) is 2. The van der Waals surface area contributed by atoms with Gasteiger partial charge in [0.05, 0.1) is 12.7 Å². The fourth-order valence-corrected chi connectivity index (χ4v) is 4.01. The van der Waals surface area contributed by atoms with Gasteiger partial charge in [-0.1, -0.05) is 30.3 Å². The Morgan fingerprint density at radius 2 is 1.26 bits per heavy atom. The number of carbonyl (C=O) groups is 3. The number of nitrogens with zero attached hydrogens (tertiary/aromatic N) is 2. The van der Waals surface area contributed by atoms with Gasteiger partial charge in [-0.2, -0.15) is 0 Å². The molecule has 0 aliphatic carbocycles. The summed E-state index contributed by atoms with van der Waals surface area (Å²) in [5, 5.41) is 5.51. The number of benzene rings is 3. The quantitative estimate of drug-likeness (QED) is 0.578. The lowest BCUT2D eigenvalue weighted by Gasteiger charge is -2.23. The van der Waals surface area contributed by atoms with Crippen molar-refractivity contribution in [1.29, 1.82) is 0 Å². The molecule has 180 valence electrons. The van der Waals surface area contributed by atoms with Crippen LogP contribution in [-0.4, -0.2) is 60.9 Å².